The third-order valence-electron chi connectivity index (χ3n) is 2.11. The molecule has 0 fully saturated rings. The van der Waals surface area contributed by atoms with Gasteiger partial charge >= 0.3 is 0 Å². The summed E-state index contributed by atoms with van der Waals surface area (Å²) in [6.07, 6.45) is 0. The summed E-state index contributed by atoms with van der Waals surface area (Å²) < 4.78 is 0. The van der Waals surface area contributed by atoms with Crippen LogP contribution in [-0.4, -0.2) is 20.6 Å². The smallest absolute Gasteiger partial charge is 0.196 e. The highest BCUT2D eigenvalue weighted by molar-refractivity contribution is 6.33. The number of nitrogens with one attached hydrogen (secondary N) is 2. The van der Waals surface area contributed by atoms with Gasteiger partial charge in [-0.25, -0.2) is 0 Å². The molecule has 1 atom stereocenters. The van der Waals surface area contributed by atoms with E-state index in [0.29, 0.717) is 16.5 Å². The third kappa shape index (κ3) is 2.22. The zero-order valence-electron chi connectivity index (χ0n) is 8.61. The maximum Gasteiger partial charge on any atom is 0.196 e. The molecule has 2 rings (SSSR count). The van der Waals surface area contributed by atoms with Crippen LogP contribution >= 0.6 is 11.6 Å². The fraction of sp³-hybridized carbons (Fsp3) is 0.222. The lowest BCUT2D eigenvalue weighted by atomic mass is 10.2. The predicted molar refractivity (Wildman–Crippen MR) is 62.1 cm³/mol. The molecule has 0 aliphatic carbocycles. The van der Waals surface area contributed by atoms with Crippen LogP contribution in [0, 0.1) is 0 Å². The number of anilines is 2. The quantitative estimate of drug-likeness (QED) is 0.707. The van der Waals surface area contributed by atoms with Crippen LogP contribution in [0.25, 0.3) is 0 Å². The summed E-state index contributed by atoms with van der Waals surface area (Å²) in [6, 6.07) is 5.19. The summed E-state index contributed by atoms with van der Waals surface area (Å²) in [7, 11) is 0. The minimum Gasteiger partial charge on any atom is -0.399 e. The first-order valence-corrected chi connectivity index (χ1v) is 5.09. The largest absolute Gasteiger partial charge is 0.399 e. The Kier molecular flexibility index (Phi) is 2.91. The standard InChI is InChI=1S/C9H11ClN6/c1-5(9-13-15-16-14-9)12-8-3-2-6(11)4-7(8)10/h2-5,12H,11H2,1H3,(H,13,14,15,16). The zero-order chi connectivity index (χ0) is 11.5. The number of hydrogen-bond acceptors (Lipinski definition) is 5. The Morgan fingerprint density at radius 3 is 2.94 bits per heavy atom. The van der Waals surface area contributed by atoms with Crippen LogP contribution in [-0.2, 0) is 0 Å². The van der Waals surface area contributed by atoms with Crippen LogP contribution in [0.1, 0.15) is 18.8 Å². The molecular formula is C9H11ClN6. The highest BCUT2D eigenvalue weighted by Crippen LogP contribution is 2.26. The zero-order valence-corrected chi connectivity index (χ0v) is 9.36. The second kappa shape index (κ2) is 4.36. The van der Waals surface area contributed by atoms with E-state index in [1.54, 1.807) is 12.1 Å². The van der Waals surface area contributed by atoms with Crippen LogP contribution < -0.4 is 11.1 Å². The van der Waals surface area contributed by atoms with Crippen LogP contribution in [0.2, 0.25) is 5.02 Å². The number of hydrogen-bond donors (Lipinski definition) is 3. The molecule has 1 unspecified atom stereocenters. The van der Waals surface area contributed by atoms with E-state index in [2.05, 4.69) is 25.9 Å². The summed E-state index contributed by atoms with van der Waals surface area (Å²) in [4.78, 5) is 0. The number of rotatable bonds is 3. The maximum absolute atomic E-state index is 6.03. The van der Waals surface area contributed by atoms with Gasteiger partial charge in [0.05, 0.1) is 16.8 Å². The lowest BCUT2D eigenvalue weighted by molar-refractivity contribution is 0.793. The molecule has 16 heavy (non-hydrogen) atoms. The van der Waals surface area contributed by atoms with Crippen molar-refractivity contribution in [1.82, 2.24) is 20.6 Å². The molecule has 7 heteroatoms. The Labute approximate surface area is 97.2 Å². The van der Waals surface area contributed by atoms with Gasteiger partial charge in [-0.15, -0.1) is 10.2 Å². The van der Waals surface area contributed by atoms with Crippen molar-refractivity contribution in [3.63, 3.8) is 0 Å². The topological polar surface area (TPSA) is 92.5 Å². The van der Waals surface area contributed by atoms with Gasteiger partial charge in [0, 0.05) is 5.69 Å². The van der Waals surface area contributed by atoms with Gasteiger partial charge in [0.1, 0.15) is 0 Å². The van der Waals surface area contributed by atoms with E-state index >= 15 is 0 Å². The number of aromatic nitrogens is 4. The molecule has 0 saturated carbocycles. The molecule has 1 aromatic carbocycles. The third-order valence-corrected chi connectivity index (χ3v) is 2.43. The summed E-state index contributed by atoms with van der Waals surface area (Å²) in [5.74, 6) is 0.577. The minimum absolute atomic E-state index is 0.0834. The second-order valence-electron chi connectivity index (χ2n) is 3.38. The first-order valence-electron chi connectivity index (χ1n) is 4.71. The molecule has 0 radical (unpaired) electrons. The van der Waals surface area contributed by atoms with Crippen molar-refractivity contribution in [3.05, 3.63) is 29.0 Å². The number of aromatic amines is 1. The first kappa shape index (κ1) is 10.7. The Balaban J connectivity index is 2.15. The number of nitrogen functional groups attached to an aromatic ring is 1. The molecule has 0 aliphatic rings. The fourth-order valence-electron chi connectivity index (χ4n) is 1.30. The number of nitrogens with two attached hydrogens (primary N) is 1. The van der Waals surface area contributed by atoms with Gasteiger partial charge in [-0.2, -0.15) is 5.21 Å². The molecule has 1 heterocycles. The lowest BCUT2D eigenvalue weighted by Gasteiger charge is -2.13. The van der Waals surface area contributed by atoms with Gasteiger partial charge in [0.2, 0.25) is 0 Å². The van der Waals surface area contributed by atoms with E-state index < -0.39 is 0 Å². The maximum atomic E-state index is 6.03. The summed E-state index contributed by atoms with van der Waals surface area (Å²) >= 11 is 6.03. The van der Waals surface area contributed by atoms with Crippen LogP contribution in [0.3, 0.4) is 0 Å². The number of nitrogens with zero attached hydrogens (tertiary/aromatic N) is 3. The van der Waals surface area contributed by atoms with Gasteiger partial charge in [-0.3, -0.25) is 0 Å². The van der Waals surface area contributed by atoms with Crippen LogP contribution in [0.4, 0.5) is 11.4 Å². The van der Waals surface area contributed by atoms with Gasteiger partial charge < -0.3 is 11.1 Å². The second-order valence-corrected chi connectivity index (χ2v) is 3.78. The molecule has 0 amide bonds. The van der Waals surface area contributed by atoms with E-state index in [0.717, 1.165) is 5.69 Å². The summed E-state index contributed by atoms with van der Waals surface area (Å²) in [6.45, 7) is 1.91. The van der Waals surface area contributed by atoms with Crippen molar-refractivity contribution in [3.8, 4) is 0 Å². The van der Waals surface area contributed by atoms with E-state index in [1.807, 2.05) is 13.0 Å². The van der Waals surface area contributed by atoms with Crippen molar-refractivity contribution in [2.24, 2.45) is 0 Å². The monoisotopic (exact) mass is 238 g/mol. The van der Waals surface area contributed by atoms with Crippen LogP contribution in [0.5, 0.6) is 0 Å². The van der Waals surface area contributed by atoms with Gasteiger partial charge in [-0.1, -0.05) is 16.8 Å². The Morgan fingerprint density at radius 2 is 2.31 bits per heavy atom. The SMILES string of the molecule is CC(Nc1ccc(N)cc1Cl)c1nn[nH]n1. The van der Waals surface area contributed by atoms with E-state index in [9.17, 15) is 0 Å². The number of halogens is 1. The molecule has 0 bridgehead atoms. The van der Waals surface area contributed by atoms with Gasteiger partial charge in [0.25, 0.3) is 0 Å². The van der Waals surface area contributed by atoms with E-state index in [-0.39, 0.29) is 6.04 Å². The van der Waals surface area contributed by atoms with Crippen molar-refractivity contribution in [1.29, 1.82) is 0 Å². The molecule has 4 N–H and O–H groups in total. The normalized spacial score (nSPS) is 12.4. The predicted octanol–water partition coefficient (Wildman–Crippen LogP) is 1.61. The first-order chi connectivity index (χ1) is 7.66. The van der Waals surface area contributed by atoms with E-state index in [4.69, 9.17) is 17.3 Å². The molecule has 1 aromatic heterocycles. The molecule has 6 nitrogen and oxygen atoms in total. The Bertz CT molecular complexity index is 469. The number of H-pyrrole nitrogens is 1. The van der Waals surface area contributed by atoms with Crippen molar-refractivity contribution in [2.75, 3.05) is 11.1 Å². The van der Waals surface area contributed by atoms with Gasteiger partial charge in [-0.05, 0) is 25.1 Å². The molecule has 0 aliphatic heterocycles. The van der Waals surface area contributed by atoms with Crippen molar-refractivity contribution >= 4 is 23.0 Å². The van der Waals surface area contributed by atoms with Crippen molar-refractivity contribution in [2.45, 2.75) is 13.0 Å². The molecule has 84 valence electrons. The Hall–Kier alpha value is -1.82. The fourth-order valence-corrected chi connectivity index (χ4v) is 1.54. The van der Waals surface area contributed by atoms with Crippen LogP contribution in [0.15, 0.2) is 18.2 Å². The number of benzene rings is 1. The Morgan fingerprint density at radius 1 is 1.50 bits per heavy atom. The highest BCUT2D eigenvalue weighted by Gasteiger charge is 2.11. The molecular weight excluding hydrogens is 228 g/mol. The molecule has 0 saturated heterocycles. The summed E-state index contributed by atoms with van der Waals surface area (Å²) in [5.41, 5.74) is 7.01. The highest BCUT2D eigenvalue weighted by atomic mass is 35.5. The molecule has 2 aromatic rings. The van der Waals surface area contributed by atoms with Crippen molar-refractivity contribution < 1.29 is 0 Å². The summed E-state index contributed by atoms with van der Waals surface area (Å²) in [5, 5.41) is 17.4. The number of tetrazole rings is 1. The lowest BCUT2D eigenvalue weighted by Crippen LogP contribution is -2.09. The van der Waals surface area contributed by atoms with Gasteiger partial charge in [0.15, 0.2) is 5.82 Å². The average molecular weight is 239 g/mol. The molecule has 0 spiro atoms. The minimum atomic E-state index is -0.0834. The average Bonchev–Trinajstić information content (AvgIpc) is 2.75. The van der Waals surface area contributed by atoms with E-state index in [1.165, 1.54) is 0 Å².